The van der Waals surface area contributed by atoms with Crippen LogP contribution in [0.4, 0.5) is 0 Å². The number of rotatable bonds is 4. The molecule has 6 heteroatoms. The van der Waals surface area contributed by atoms with E-state index in [0.29, 0.717) is 26.2 Å². The zero-order chi connectivity index (χ0) is 12.7. The summed E-state index contributed by atoms with van der Waals surface area (Å²) in [5.74, 6) is -1.38. The van der Waals surface area contributed by atoms with Crippen LogP contribution >= 0.6 is 0 Å². The van der Waals surface area contributed by atoms with Gasteiger partial charge in [-0.05, 0) is 13.0 Å². The summed E-state index contributed by atoms with van der Waals surface area (Å²) in [6.45, 7) is 3.51. The predicted molar refractivity (Wildman–Crippen MR) is 61.5 cm³/mol. The van der Waals surface area contributed by atoms with E-state index in [1.54, 1.807) is 4.90 Å². The van der Waals surface area contributed by atoms with Crippen molar-refractivity contribution in [1.82, 2.24) is 9.80 Å². The highest BCUT2D eigenvalue weighted by molar-refractivity contribution is 5.93. The molecule has 0 saturated carbocycles. The fourth-order valence-corrected chi connectivity index (χ4v) is 1.80. The van der Waals surface area contributed by atoms with Crippen LogP contribution in [-0.2, 0) is 9.59 Å². The number of carbonyl (C=O) groups is 2. The topological polar surface area (TPSA) is 81.1 Å². The first kappa shape index (κ1) is 13.7. The van der Waals surface area contributed by atoms with Crippen molar-refractivity contribution in [3.05, 3.63) is 12.2 Å². The Morgan fingerprint density at radius 1 is 1.12 bits per heavy atom. The van der Waals surface area contributed by atoms with Gasteiger partial charge in [0.05, 0.1) is 6.61 Å². The highest BCUT2D eigenvalue weighted by atomic mass is 16.4. The smallest absolute Gasteiger partial charge is 0.328 e. The van der Waals surface area contributed by atoms with E-state index >= 15 is 0 Å². The second-order valence-electron chi connectivity index (χ2n) is 3.92. The molecular formula is C11H18N2O4. The van der Waals surface area contributed by atoms with E-state index in [-0.39, 0.29) is 12.5 Å². The van der Waals surface area contributed by atoms with E-state index < -0.39 is 5.97 Å². The molecule has 6 nitrogen and oxygen atoms in total. The van der Waals surface area contributed by atoms with Crippen LogP contribution in [0.5, 0.6) is 0 Å². The number of aliphatic carboxylic acids is 1. The average molecular weight is 242 g/mol. The van der Waals surface area contributed by atoms with E-state index in [1.807, 2.05) is 0 Å². The van der Waals surface area contributed by atoms with Crippen LogP contribution in [0.25, 0.3) is 0 Å². The van der Waals surface area contributed by atoms with Gasteiger partial charge in [-0.25, -0.2) is 4.79 Å². The van der Waals surface area contributed by atoms with Crippen molar-refractivity contribution in [2.45, 2.75) is 6.42 Å². The van der Waals surface area contributed by atoms with Gasteiger partial charge in [0.25, 0.3) is 0 Å². The lowest BCUT2D eigenvalue weighted by Crippen LogP contribution is -2.35. The maximum absolute atomic E-state index is 11.6. The number of nitrogens with zero attached hydrogens (tertiary/aromatic N) is 2. The molecule has 0 aromatic heterocycles. The summed E-state index contributed by atoms with van der Waals surface area (Å²) in [4.78, 5) is 25.7. The Balaban J connectivity index is 2.45. The molecule has 1 heterocycles. The second kappa shape index (κ2) is 7.03. The largest absolute Gasteiger partial charge is 0.478 e. The van der Waals surface area contributed by atoms with Crippen LogP contribution in [0.2, 0.25) is 0 Å². The van der Waals surface area contributed by atoms with E-state index in [2.05, 4.69) is 4.90 Å². The van der Waals surface area contributed by atoms with Crippen molar-refractivity contribution in [2.75, 3.05) is 39.3 Å². The number of carboxylic acid groups (broad SMARTS) is 1. The van der Waals surface area contributed by atoms with Crippen molar-refractivity contribution < 1.29 is 19.8 Å². The van der Waals surface area contributed by atoms with Gasteiger partial charge in [0.15, 0.2) is 0 Å². The maximum atomic E-state index is 11.6. The van der Waals surface area contributed by atoms with Crippen LogP contribution in [0.1, 0.15) is 6.42 Å². The molecule has 1 aliphatic rings. The van der Waals surface area contributed by atoms with Crippen molar-refractivity contribution in [3.8, 4) is 0 Å². The summed E-state index contributed by atoms with van der Waals surface area (Å²) in [6.07, 6.45) is 2.79. The average Bonchev–Trinajstić information content (AvgIpc) is 2.52. The van der Waals surface area contributed by atoms with Gasteiger partial charge in [0, 0.05) is 38.3 Å². The summed E-state index contributed by atoms with van der Waals surface area (Å²) in [7, 11) is 0. The number of carbonyl (C=O) groups excluding carboxylic acids is 1. The summed E-state index contributed by atoms with van der Waals surface area (Å²) in [5.41, 5.74) is 0. The van der Waals surface area contributed by atoms with Crippen molar-refractivity contribution in [1.29, 1.82) is 0 Å². The number of hydrogen-bond donors (Lipinski definition) is 2. The summed E-state index contributed by atoms with van der Waals surface area (Å²) < 4.78 is 0. The van der Waals surface area contributed by atoms with Crippen LogP contribution < -0.4 is 0 Å². The van der Waals surface area contributed by atoms with Gasteiger partial charge < -0.3 is 15.1 Å². The molecule has 1 amide bonds. The molecule has 0 bridgehead atoms. The van der Waals surface area contributed by atoms with Crippen molar-refractivity contribution in [3.63, 3.8) is 0 Å². The first-order valence-corrected chi connectivity index (χ1v) is 5.66. The van der Waals surface area contributed by atoms with Gasteiger partial charge in [-0.15, -0.1) is 0 Å². The Morgan fingerprint density at radius 3 is 2.53 bits per heavy atom. The molecule has 1 rings (SSSR count). The predicted octanol–water partition coefficient (Wildman–Crippen LogP) is -0.846. The number of carboxylic acids is 1. The quantitative estimate of drug-likeness (QED) is 0.628. The molecule has 0 atom stereocenters. The van der Waals surface area contributed by atoms with Gasteiger partial charge in [0.2, 0.25) is 5.91 Å². The molecular weight excluding hydrogens is 224 g/mol. The molecule has 0 aliphatic carbocycles. The highest BCUT2D eigenvalue weighted by Gasteiger charge is 2.17. The monoisotopic (exact) mass is 242 g/mol. The van der Waals surface area contributed by atoms with Gasteiger partial charge in [-0.1, -0.05) is 0 Å². The lowest BCUT2D eigenvalue weighted by molar-refractivity contribution is -0.132. The van der Waals surface area contributed by atoms with E-state index in [4.69, 9.17) is 10.2 Å². The molecule has 1 fully saturated rings. The SMILES string of the molecule is O=C(O)/C=C/C(=O)N1CCCN(CCO)CC1. The molecule has 0 aromatic carbocycles. The summed E-state index contributed by atoms with van der Waals surface area (Å²) in [5, 5.41) is 17.3. The Labute approximate surface area is 100 Å². The van der Waals surface area contributed by atoms with Gasteiger partial charge in [-0.3, -0.25) is 9.69 Å². The molecule has 0 aromatic rings. The highest BCUT2D eigenvalue weighted by Crippen LogP contribution is 2.03. The first-order valence-electron chi connectivity index (χ1n) is 5.66. The van der Waals surface area contributed by atoms with Gasteiger partial charge >= 0.3 is 5.97 Å². The zero-order valence-corrected chi connectivity index (χ0v) is 9.71. The minimum absolute atomic E-state index is 0.118. The third-order valence-corrected chi connectivity index (χ3v) is 2.68. The second-order valence-corrected chi connectivity index (χ2v) is 3.92. The number of aliphatic hydroxyl groups excluding tert-OH is 1. The molecule has 0 radical (unpaired) electrons. The molecule has 1 saturated heterocycles. The third kappa shape index (κ3) is 4.97. The summed E-state index contributed by atoms with van der Waals surface area (Å²) >= 11 is 0. The van der Waals surface area contributed by atoms with E-state index in [9.17, 15) is 9.59 Å². The number of β-amino-alcohol motifs (C(OH)–C–C–N with tert-alkyl or cyclic N) is 1. The maximum Gasteiger partial charge on any atom is 0.328 e. The first-order chi connectivity index (χ1) is 8.13. The lowest BCUT2D eigenvalue weighted by atomic mass is 10.3. The minimum Gasteiger partial charge on any atom is -0.478 e. The molecule has 1 aliphatic heterocycles. The fourth-order valence-electron chi connectivity index (χ4n) is 1.80. The van der Waals surface area contributed by atoms with Gasteiger partial charge in [-0.2, -0.15) is 0 Å². The Bertz CT molecular complexity index is 304. The van der Waals surface area contributed by atoms with Gasteiger partial charge in [0.1, 0.15) is 0 Å². The zero-order valence-electron chi connectivity index (χ0n) is 9.71. The molecule has 96 valence electrons. The number of aliphatic hydroxyl groups is 1. The van der Waals surface area contributed by atoms with E-state index in [1.165, 1.54) is 0 Å². The van der Waals surface area contributed by atoms with E-state index in [0.717, 1.165) is 25.1 Å². The van der Waals surface area contributed by atoms with Crippen LogP contribution in [0, 0.1) is 0 Å². The molecule has 2 N–H and O–H groups in total. The van der Waals surface area contributed by atoms with Crippen LogP contribution in [-0.4, -0.2) is 71.2 Å². The Morgan fingerprint density at radius 2 is 1.88 bits per heavy atom. The van der Waals surface area contributed by atoms with Crippen molar-refractivity contribution >= 4 is 11.9 Å². The molecule has 0 unspecified atom stereocenters. The lowest BCUT2D eigenvalue weighted by Gasteiger charge is -2.20. The van der Waals surface area contributed by atoms with Crippen molar-refractivity contribution in [2.24, 2.45) is 0 Å². The van der Waals surface area contributed by atoms with Crippen LogP contribution in [0.15, 0.2) is 12.2 Å². The third-order valence-electron chi connectivity index (χ3n) is 2.68. The molecule has 0 spiro atoms. The Kier molecular flexibility index (Phi) is 5.65. The molecule has 17 heavy (non-hydrogen) atoms. The number of amides is 1. The summed E-state index contributed by atoms with van der Waals surface area (Å²) in [6, 6.07) is 0. The van der Waals surface area contributed by atoms with Crippen LogP contribution in [0.3, 0.4) is 0 Å². The minimum atomic E-state index is -1.12. The fraction of sp³-hybridized carbons (Fsp3) is 0.636. The normalized spacial score (nSPS) is 18.3. The standard InChI is InChI=1S/C11H18N2O4/c14-9-8-12-4-1-5-13(7-6-12)10(15)2-3-11(16)17/h2-3,14H,1,4-9H2,(H,16,17)/b3-2+. The Hall–Kier alpha value is -1.40. The number of hydrogen-bond acceptors (Lipinski definition) is 4.